The molecule has 2 rings (SSSR count). The maximum Gasteiger partial charge on any atom is 0.0808 e. The zero-order valence-corrected chi connectivity index (χ0v) is 6.57. The summed E-state index contributed by atoms with van der Waals surface area (Å²) in [6.07, 6.45) is 6.15. The molecule has 0 unspecified atom stereocenters. The minimum absolute atomic E-state index is 0.632. The molecular formula is C6H7ClN4. The Balaban J connectivity index is 2.22. The number of hydrazone groups is 1. The van der Waals surface area contributed by atoms with Gasteiger partial charge in [0.1, 0.15) is 0 Å². The van der Waals surface area contributed by atoms with Gasteiger partial charge in [0, 0.05) is 12.6 Å². The molecule has 0 spiro atoms. The van der Waals surface area contributed by atoms with Crippen LogP contribution >= 0.6 is 11.6 Å². The summed E-state index contributed by atoms with van der Waals surface area (Å²) in [5.74, 6) is 0. The van der Waals surface area contributed by atoms with Crippen LogP contribution in [0, 0.1) is 0 Å². The van der Waals surface area contributed by atoms with Crippen molar-refractivity contribution >= 4 is 17.8 Å². The second-order valence-electron chi connectivity index (χ2n) is 2.26. The third-order valence-corrected chi connectivity index (χ3v) is 1.64. The molecule has 11 heavy (non-hydrogen) atoms. The van der Waals surface area contributed by atoms with Gasteiger partial charge in [-0.15, -0.1) is 0 Å². The Morgan fingerprint density at radius 2 is 2.45 bits per heavy atom. The van der Waals surface area contributed by atoms with Crippen molar-refractivity contribution in [1.82, 2.24) is 9.89 Å². The van der Waals surface area contributed by atoms with Crippen LogP contribution in [0.3, 0.4) is 0 Å². The summed E-state index contributed by atoms with van der Waals surface area (Å²) in [5.41, 5.74) is 0. The molecule has 0 saturated carbocycles. The molecule has 0 aliphatic carbocycles. The lowest BCUT2D eigenvalue weighted by Gasteiger charge is -2.11. The van der Waals surface area contributed by atoms with E-state index in [-0.39, 0.29) is 0 Å². The molecular weight excluding hydrogens is 164 g/mol. The van der Waals surface area contributed by atoms with Crippen LogP contribution < -0.4 is 5.12 Å². The fraction of sp³-hybridized carbons (Fsp3) is 0.333. The number of nitrogens with zero attached hydrogens (tertiary/aromatic N) is 4. The Bertz CT molecular complexity index is 280. The fourth-order valence-electron chi connectivity index (χ4n) is 0.956. The molecule has 2 heterocycles. The van der Waals surface area contributed by atoms with Crippen molar-refractivity contribution in [3.63, 3.8) is 0 Å². The van der Waals surface area contributed by atoms with Crippen molar-refractivity contribution in [2.24, 2.45) is 5.10 Å². The minimum Gasteiger partial charge on any atom is -0.185 e. The maximum absolute atomic E-state index is 5.68. The highest BCUT2D eigenvalue weighted by molar-refractivity contribution is 6.30. The Kier molecular flexibility index (Phi) is 1.54. The quantitative estimate of drug-likeness (QED) is 0.627. The Labute approximate surface area is 69.0 Å². The first-order chi connectivity index (χ1) is 5.36. The Hall–Kier alpha value is -1.03. The highest BCUT2D eigenvalue weighted by Crippen LogP contribution is 2.06. The molecule has 0 aromatic carbocycles. The summed E-state index contributed by atoms with van der Waals surface area (Å²) in [7, 11) is 0. The van der Waals surface area contributed by atoms with Crippen LogP contribution in [0.25, 0.3) is 0 Å². The van der Waals surface area contributed by atoms with Crippen LogP contribution in [0.1, 0.15) is 6.42 Å². The van der Waals surface area contributed by atoms with E-state index >= 15 is 0 Å². The van der Waals surface area contributed by atoms with E-state index in [2.05, 4.69) is 10.2 Å². The molecule has 0 saturated heterocycles. The molecule has 0 radical (unpaired) electrons. The Morgan fingerprint density at radius 3 is 3.00 bits per heavy atom. The number of hydrogen-bond donors (Lipinski definition) is 0. The Morgan fingerprint density at radius 1 is 1.55 bits per heavy atom. The largest absolute Gasteiger partial charge is 0.185 e. The van der Waals surface area contributed by atoms with Gasteiger partial charge in [0.2, 0.25) is 0 Å². The van der Waals surface area contributed by atoms with E-state index in [9.17, 15) is 0 Å². The molecule has 0 fully saturated rings. The monoisotopic (exact) mass is 170 g/mol. The van der Waals surface area contributed by atoms with E-state index in [1.54, 1.807) is 22.3 Å². The van der Waals surface area contributed by atoms with Crippen molar-refractivity contribution in [2.45, 2.75) is 6.42 Å². The van der Waals surface area contributed by atoms with Gasteiger partial charge in [0.05, 0.1) is 24.0 Å². The highest BCUT2D eigenvalue weighted by atomic mass is 35.5. The lowest BCUT2D eigenvalue weighted by molar-refractivity contribution is 0.574. The predicted molar refractivity (Wildman–Crippen MR) is 43.4 cm³/mol. The van der Waals surface area contributed by atoms with Crippen LogP contribution in [-0.4, -0.2) is 22.6 Å². The van der Waals surface area contributed by atoms with Crippen LogP contribution in [0.15, 0.2) is 17.5 Å². The van der Waals surface area contributed by atoms with Gasteiger partial charge in [0.25, 0.3) is 0 Å². The lowest BCUT2D eigenvalue weighted by atomic mass is 10.5. The van der Waals surface area contributed by atoms with E-state index in [0.29, 0.717) is 5.02 Å². The summed E-state index contributed by atoms with van der Waals surface area (Å²) >= 11 is 5.68. The maximum atomic E-state index is 5.68. The zero-order chi connectivity index (χ0) is 7.68. The van der Waals surface area contributed by atoms with Crippen molar-refractivity contribution in [2.75, 3.05) is 11.7 Å². The first kappa shape index (κ1) is 6.67. The van der Waals surface area contributed by atoms with Gasteiger partial charge in [-0.2, -0.15) is 20.1 Å². The van der Waals surface area contributed by atoms with Crippen LogP contribution in [0.2, 0.25) is 5.02 Å². The zero-order valence-electron chi connectivity index (χ0n) is 5.81. The lowest BCUT2D eigenvalue weighted by Crippen LogP contribution is -2.26. The normalized spacial score (nSPS) is 16.3. The van der Waals surface area contributed by atoms with Crippen molar-refractivity contribution < 1.29 is 0 Å². The third-order valence-electron chi connectivity index (χ3n) is 1.45. The molecule has 4 nitrogen and oxygen atoms in total. The van der Waals surface area contributed by atoms with Gasteiger partial charge < -0.3 is 0 Å². The summed E-state index contributed by atoms with van der Waals surface area (Å²) in [6.45, 7) is 0.873. The minimum atomic E-state index is 0.632. The topological polar surface area (TPSA) is 33.4 Å². The standard InChI is InChI=1S/C6H7ClN4/c7-6-4-9-11(5-6)10-3-1-2-8-10/h2,4-5H,1,3H2. The molecule has 1 aliphatic rings. The summed E-state index contributed by atoms with van der Waals surface area (Å²) < 4.78 is 0. The van der Waals surface area contributed by atoms with Gasteiger partial charge in [-0.1, -0.05) is 11.6 Å². The molecule has 0 amide bonds. The highest BCUT2D eigenvalue weighted by Gasteiger charge is 2.07. The molecule has 1 aromatic rings. The second-order valence-corrected chi connectivity index (χ2v) is 2.70. The third kappa shape index (κ3) is 1.21. The molecule has 5 heteroatoms. The van der Waals surface area contributed by atoms with Crippen molar-refractivity contribution in [1.29, 1.82) is 0 Å². The first-order valence-electron chi connectivity index (χ1n) is 3.37. The summed E-state index contributed by atoms with van der Waals surface area (Å²) in [5, 5.41) is 10.5. The number of hydrogen-bond acceptors (Lipinski definition) is 3. The number of aromatic nitrogens is 2. The van der Waals surface area contributed by atoms with Gasteiger partial charge in [-0.25, -0.2) is 0 Å². The molecule has 0 bridgehead atoms. The SMILES string of the molecule is Clc1cnn(N2CCC=N2)c1. The van der Waals surface area contributed by atoms with Crippen LogP contribution in [-0.2, 0) is 0 Å². The average molecular weight is 171 g/mol. The summed E-state index contributed by atoms with van der Waals surface area (Å²) in [4.78, 5) is 1.63. The van der Waals surface area contributed by atoms with E-state index in [1.807, 2.05) is 6.21 Å². The number of halogens is 1. The average Bonchev–Trinajstić information content (AvgIpc) is 2.55. The smallest absolute Gasteiger partial charge is 0.0808 e. The molecule has 0 N–H and O–H groups in total. The fourth-order valence-corrected chi connectivity index (χ4v) is 1.09. The number of rotatable bonds is 1. The van der Waals surface area contributed by atoms with E-state index in [1.165, 1.54) is 0 Å². The predicted octanol–water partition coefficient (Wildman–Crippen LogP) is 0.864. The molecule has 58 valence electrons. The second kappa shape index (κ2) is 2.54. The molecule has 0 atom stereocenters. The van der Waals surface area contributed by atoms with E-state index < -0.39 is 0 Å². The molecule has 1 aromatic heterocycles. The van der Waals surface area contributed by atoms with Crippen LogP contribution in [0.5, 0.6) is 0 Å². The van der Waals surface area contributed by atoms with Gasteiger partial charge >= 0.3 is 0 Å². The van der Waals surface area contributed by atoms with Gasteiger partial charge in [-0.3, -0.25) is 0 Å². The first-order valence-corrected chi connectivity index (χ1v) is 3.74. The van der Waals surface area contributed by atoms with Gasteiger partial charge in [0.15, 0.2) is 0 Å². The van der Waals surface area contributed by atoms with Gasteiger partial charge in [-0.05, 0) is 0 Å². The molecule has 1 aliphatic heterocycles. The van der Waals surface area contributed by atoms with E-state index in [4.69, 9.17) is 11.6 Å². The van der Waals surface area contributed by atoms with Crippen molar-refractivity contribution in [3.8, 4) is 0 Å². The van der Waals surface area contributed by atoms with E-state index in [0.717, 1.165) is 13.0 Å². The van der Waals surface area contributed by atoms with Crippen molar-refractivity contribution in [3.05, 3.63) is 17.4 Å². The van der Waals surface area contributed by atoms with Crippen LogP contribution in [0.4, 0.5) is 0 Å². The summed E-state index contributed by atoms with van der Waals surface area (Å²) in [6, 6.07) is 0.